The summed E-state index contributed by atoms with van der Waals surface area (Å²) in [5.41, 5.74) is -1.93. The fourth-order valence-corrected chi connectivity index (χ4v) is 2.07. The molecule has 0 amide bonds. The predicted octanol–water partition coefficient (Wildman–Crippen LogP) is 0.426. The third-order valence-corrected chi connectivity index (χ3v) is 3.15. The molecule has 1 rings (SSSR count). The molecule has 0 unspecified atom stereocenters. The van der Waals surface area contributed by atoms with Gasteiger partial charge in [0.15, 0.2) is 5.79 Å². The van der Waals surface area contributed by atoms with E-state index in [4.69, 9.17) is 14.2 Å². The van der Waals surface area contributed by atoms with Crippen LogP contribution in [0.15, 0.2) is 0 Å². The molecule has 6 nitrogen and oxygen atoms in total. The normalized spacial score (nSPS) is 31.1. The summed E-state index contributed by atoms with van der Waals surface area (Å²) in [7, 11) is 0. The Kier molecular flexibility index (Phi) is 5.22. The van der Waals surface area contributed by atoms with E-state index in [1.165, 1.54) is 6.92 Å². The lowest BCUT2D eigenvalue weighted by molar-refractivity contribution is -0.192. The topological polar surface area (TPSA) is 88.4 Å². The van der Waals surface area contributed by atoms with E-state index < -0.39 is 35.3 Å². The fourth-order valence-electron chi connectivity index (χ4n) is 2.07. The van der Waals surface area contributed by atoms with E-state index in [9.17, 15) is 15.3 Å². The van der Waals surface area contributed by atoms with Gasteiger partial charge in [-0.3, -0.25) is 0 Å². The lowest BCUT2D eigenvalue weighted by Gasteiger charge is -2.35. The van der Waals surface area contributed by atoms with Gasteiger partial charge in [0.2, 0.25) is 0 Å². The minimum absolute atomic E-state index is 0.0455. The largest absolute Gasteiger partial charge is 0.394 e. The molecule has 0 aliphatic carbocycles. The maximum atomic E-state index is 10.4. The molecule has 0 bridgehead atoms. The molecule has 0 aromatic heterocycles. The average Bonchev–Trinajstić information content (AvgIpc) is 2.60. The van der Waals surface area contributed by atoms with E-state index in [-0.39, 0.29) is 13.2 Å². The molecule has 1 aliphatic heterocycles. The van der Waals surface area contributed by atoms with Crippen molar-refractivity contribution in [1.29, 1.82) is 0 Å². The summed E-state index contributed by atoms with van der Waals surface area (Å²) in [4.78, 5) is 0. The zero-order chi connectivity index (χ0) is 15.8. The van der Waals surface area contributed by atoms with Gasteiger partial charge in [-0.15, -0.1) is 0 Å². The van der Waals surface area contributed by atoms with Gasteiger partial charge in [0.05, 0.1) is 18.8 Å². The zero-order valence-electron chi connectivity index (χ0n) is 13.2. The minimum Gasteiger partial charge on any atom is -0.394 e. The van der Waals surface area contributed by atoms with Crippen LogP contribution >= 0.6 is 0 Å². The zero-order valence-corrected chi connectivity index (χ0v) is 13.2. The van der Waals surface area contributed by atoms with Gasteiger partial charge in [-0.1, -0.05) is 0 Å². The second-order valence-electron chi connectivity index (χ2n) is 7.02. The van der Waals surface area contributed by atoms with Gasteiger partial charge in [0, 0.05) is 0 Å². The number of aliphatic hydroxyl groups excluding tert-OH is 2. The first-order valence-corrected chi connectivity index (χ1v) is 6.89. The lowest BCUT2D eigenvalue weighted by Crippen LogP contribution is -2.54. The van der Waals surface area contributed by atoms with Crippen molar-refractivity contribution in [3.8, 4) is 0 Å². The van der Waals surface area contributed by atoms with Crippen LogP contribution in [0.25, 0.3) is 0 Å². The van der Waals surface area contributed by atoms with Gasteiger partial charge >= 0.3 is 0 Å². The van der Waals surface area contributed by atoms with E-state index in [0.717, 1.165) is 0 Å². The number of rotatable bonds is 5. The van der Waals surface area contributed by atoms with Crippen LogP contribution in [0.2, 0.25) is 0 Å². The van der Waals surface area contributed by atoms with Crippen molar-refractivity contribution in [2.75, 3.05) is 13.2 Å². The molecular weight excluding hydrogens is 264 g/mol. The lowest BCUT2D eigenvalue weighted by atomic mass is 9.92. The Bertz CT molecular complexity index is 320. The van der Waals surface area contributed by atoms with E-state index in [1.54, 1.807) is 13.8 Å². The van der Waals surface area contributed by atoms with Crippen LogP contribution in [0.1, 0.15) is 41.5 Å². The van der Waals surface area contributed by atoms with Crippen molar-refractivity contribution in [1.82, 2.24) is 0 Å². The van der Waals surface area contributed by atoms with Crippen molar-refractivity contribution < 1.29 is 29.5 Å². The van der Waals surface area contributed by atoms with Crippen LogP contribution in [0.5, 0.6) is 0 Å². The standard InChI is InChI=1S/C14H28O6/c1-12(2,3)18-8-14(6,17)11(16)10-9(7-15)19-13(4,5)20-10/h9-11,15-17H,7-8H2,1-6H3/t9-,10-,11+,14-/m1/s1. The van der Waals surface area contributed by atoms with Crippen LogP contribution in [-0.4, -0.2) is 63.8 Å². The average molecular weight is 292 g/mol. The van der Waals surface area contributed by atoms with Gasteiger partial charge in [-0.05, 0) is 41.5 Å². The second kappa shape index (κ2) is 5.87. The van der Waals surface area contributed by atoms with Crippen LogP contribution < -0.4 is 0 Å². The fraction of sp³-hybridized carbons (Fsp3) is 1.00. The molecule has 1 fully saturated rings. The summed E-state index contributed by atoms with van der Waals surface area (Å²) in [5.74, 6) is -0.903. The molecule has 4 atom stereocenters. The molecule has 6 heteroatoms. The monoisotopic (exact) mass is 292 g/mol. The van der Waals surface area contributed by atoms with Gasteiger partial charge in [0.1, 0.15) is 23.9 Å². The van der Waals surface area contributed by atoms with Crippen LogP contribution in [0.4, 0.5) is 0 Å². The number of hydrogen-bond donors (Lipinski definition) is 3. The highest BCUT2D eigenvalue weighted by Crippen LogP contribution is 2.33. The Morgan fingerprint density at radius 2 is 1.75 bits per heavy atom. The smallest absolute Gasteiger partial charge is 0.164 e. The summed E-state index contributed by atoms with van der Waals surface area (Å²) in [6.07, 6.45) is -2.72. The van der Waals surface area contributed by atoms with E-state index in [2.05, 4.69) is 0 Å². The van der Waals surface area contributed by atoms with Crippen molar-refractivity contribution in [2.45, 2.75) is 76.8 Å². The molecule has 120 valence electrons. The Hall–Kier alpha value is -0.240. The summed E-state index contributed by atoms with van der Waals surface area (Å²) in [5, 5.41) is 30.1. The van der Waals surface area contributed by atoms with Crippen LogP contribution in [0, 0.1) is 0 Å². The van der Waals surface area contributed by atoms with E-state index in [1.807, 2.05) is 20.8 Å². The Balaban J connectivity index is 2.74. The van der Waals surface area contributed by atoms with Crippen molar-refractivity contribution in [3.63, 3.8) is 0 Å². The second-order valence-corrected chi connectivity index (χ2v) is 7.02. The summed E-state index contributed by atoms with van der Waals surface area (Å²) >= 11 is 0. The molecule has 0 radical (unpaired) electrons. The molecule has 0 saturated carbocycles. The summed E-state index contributed by atoms with van der Waals surface area (Å²) < 4.78 is 16.6. The quantitative estimate of drug-likeness (QED) is 0.681. The third kappa shape index (κ3) is 4.65. The molecule has 1 aliphatic rings. The predicted molar refractivity (Wildman–Crippen MR) is 73.2 cm³/mol. The molecule has 1 saturated heterocycles. The molecule has 0 aromatic rings. The SMILES string of the molecule is CC(C)(C)OC[C@@](C)(O)[C@@H](O)[C@@H]1OC(C)(C)O[C@@H]1CO. The van der Waals surface area contributed by atoms with Crippen molar-refractivity contribution in [2.24, 2.45) is 0 Å². The first-order chi connectivity index (χ1) is 8.88. The molecule has 20 heavy (non-hydrogen) atoms. The minimum atomic E-state index is -1.50. The molecule has 0 aromatic carbocycles. The maximum Gasteiger partial charge on any atom is 0.164 e. The highest BCUT2D eigenvalue weighted by Gasteiger charge is 2.50. The summed E-state index contributed by atoms with van der Waals surface area (Å²) in [6, 6.07) is 0. The van der Waals surface area contributed by atoms with E-state index in [0.29, 0.717) is 0 Å². The van der Waals surface area contributed by atoms with Crippen molar-refractivity contribution in [3.05, 3.63) is 0 Å². The van der Waals surface area contributed by atoms with Gasteiger partial charge in [0.25, 0.3) is 0 Å². The molecule has 3 N–H and O–H groups in total. The highest BCUT2D eigenvalue weighted by molar-refractivity contribution is 4.95. The summed E-state index contributed by atoms with van der Waals surface area (Å²) in [6.45, 7) is 10.1. The van der Waals surface area contributed by atoms with Gasteiger partial charge in [-0.2, -0.15) is 0 Å². The number of aliphatic hydroxyl groups is 3. The third-order valence-electron chi connectivity index (χ3n) is 3.15. The van der Waals surface area contributed by atoms with Crippen LogP contribution in [-0.2, 0) is 14.2 Å². The highest BCUT2D eigenvalue weighted by atomic mass is 16.8. The first kappa shape index (κ1) is 17.8. The Morgan fingerprint density at radius 3 is 2.20 bits per heavy atom. The first-order valence-electron chi connectivity index (χ1n) is 6.89. The Labute approximate surface area is 120 Å². The Morgan fingerprint density at radius 1 is 1.20 bits per heavy atom. The van der Waals surface area contributed by atoms with Crippen LogP contribution in [0.3, 0.4) is 0 Å². The number of hydrogen-bond acceptors (Lipinski definition) is 6. The maximum absolute atomic E-state index is 10.4. The molecule has 0 spiro atoms. The molecular formula is C14H28O6. The number of ether oxygens (including phenoxy) is 3. The van der Waals surface area contributed by atoms with E-state index >= 15 is 0 Å². The van der Waals surface area contributed by atoms with Gasteiger partial charge < -0.3 is 29.5 Å². The van der Waals surface area contributed by atoms with Crippen molar-refractivity contribution >= 4 is 0 Å². The van der Waals surface area contributed by atoms with Gasteiger partial charge in [-0.25, -0.2) is 0 Å². The molecule has 1 heterocycles.